The first-order chi connectivity index (χ1) is 15.8. The Balaban J connectivity index is 1.33. The van der Waals surface area contributed by atoms with Gasteiger partial charge in [0.15, 0.2) is 5.65 Å². The Kier molecular flexibility index (Phi) is 5.39. The molecule has 2 aromatic heterocycles. The molecule has 174 valence electrons. The first-order valence-electron chi connectivity index (χ1n) is 11.2. The number of nitrogens with zero attached hydrogens (tertiary/aromatic N) is 4. The number of halogens is 3. The molecule has 1 N–H and O–H groups in total. The summed E-state index contributed by atoms with van der Waals surface area (Å²) in [6, 6.07) is 9.79. The van der Waals surface area contributed by atoms with Crippen molar-refractivity contribution in [3.63, 3.8) is 0 Å². The fourth-order valence-corrected chi connectivity index (χ4v) is 5.45. The van der Waals surface area contributed by atoms with E-state index in [0.29, 0.717) is 37.1 Å². The molecule has 1 saturated heterocycles. The Labute approximate surface area is 189 Å². The van der Waals surface area contributed by atoms with Gasteiger partial charge in [0.2, 0.25) is 5.82 Å². The van der Waals surface area contributed by atoms with Crippen molar-refractivity contribution >= 4 is 11.6 Å². The topological polar surface area (TPSA) is 62.5 Å². The van der Waals surface area contributed by atoms with E-state index in [1.54, 1.807) is 21.4 Å². The SMILES string of the molecule is CNC(C)c1ccc2nnc(C(=O)N3C[C@H]4CC(c5ccccc5C(F)(F)F)C[C@H]4C3)n2c1. The summed E-state index contributed by atoms with van der Waals surface area (Å²) in [6.45, 7) is 3.10. The zero-order chi connectivity index (χ0) is 23.3. The molecular weight excluding hydrogens is 431 g/mol. The van der Waals surface area contributed by atoms with E-state index in [4.69, 9.17) is 0 Å². The van der Waals surface area contributed by atoms with Crippen LogP contribution in [-0.2, 0) is 6.18 Å². The van der Waals surface area contributed by atoms with Crippen molar-refractivity contribution in [1.29, 1.82) is 0 Å². The lowest BCUT2D eigenvalue weighted by molar-refractivity contribution is -0.138. The van der Waals surface area contributed by atoms with Gasteiger partial charge in [0.25, 0.3) is 5.91 Å². The smallest absolute Gasteiger partial charge is 0.335 e. The molecule has 6 nitrogen and oxygen atoms in total. The van der Waals surface area contributed by atoms with Crippen LogP contribution >= 0.6 is 0 Å². The van der Waals surface area contributed by atoms with Gasteiger partial charge >= 0.3 is 6.18 Å². The second kappa shape index (κ2) is 8.13. The third-order valence-electron chi connectivity index (χ3n) is 7.29. The predicted molar refractivity (Wildman–Crippen MR) is 117 cm³/mol. The molecule has 4 atom stereocenters. The third kappa shape index (κ3) is 3.88. The summed E-state index contributed by atoms with van der Waals surface area (Å²) in [7, 11) is 1.87. The number of pyridine rings is 1. The van der Waals surface area contributed by atoms with E-state index in [2.05, 4.69) is 15.5 Å². The van der Waals surface area contributed by atoms with Crippen LogP contribution in [0.3, 0.4) is 0 Å². The van der Waals surface area contributed by atoms with Crippen LogP contribution in [0.4, 0.5) is 13.2 Å². The Morgan fingerprint density at radius 2 is 1.79 bits per heavy atom. The van der Waals surface area contributed by atoms with Gasteiger partial charge in [0, 0.05) is 25.3 Å². The monoisotopic (exact) mass is 457 g/mol. The second-order valence-corrected chi connectivity index (χ2v) is 9.21. The molecule has 1 aliphatic carbocycles. The standard InChI is InChI=1S/C24H26F3N5O/c1-14(28-2)15-7-8-21-29-30-22(32(21)13-15)23(33)31-11-17-9-16(10-18(17)12-31)19-5-3-4-6-20(19)24(25,26)27/h3-8,13-14,16-18,28H,9-12H2,1-2H3/t14?,16?,17-,18+. The van der Waals surface area contributed by atoms with E-state index in [-0.39, 0.29) is 35.5 Å². The Morgan fingerprint density at radius 3 is 2.45 bits per heavy atom. The predicted octanol–water partition coefficient (Wildman–Crippen LogP) is 4.29. The van der Waals surface area contributed by atoms with Crippen molar-refractivity contribution in [3.05, 3.63) is 65.1 Å². The van der Waals surface area contributed by atoms with E-state index >= 15 is 0 Å². The summed E-state index contributed by atoms with van der Waals surface area (Å²) in [5, 5.41) is 11.4. The van der Waals surface area contributed by atoms with Gasteiger partial charge in [-0.25, -0.2) is 0 Å². The molecule has 1 saturated carbocycles. The zero-order valence-corrected chi connectivity index (χ0v) is 18.5. The number of rotatable bonds is 4. The summed E-state index contributed by atoms with van der Waals surface area (Å²) in [4.78, 5) is 15.1. The maximum absolute atomic E-state index is 13.5. The number of amides is 1. The average Bonchev–Trinajstić information content (AvgIpc) is 3.50. The minimum absolute atomic E-state index is 0.113. The number of likely N-dealkylation sites (tertiary alicyclic amines) is 1. The molecule has 2 aliphatic rings. The molecule has 9 heteroatoms. The van der Waals surface area contributed by atoms with Crippen molar-refractivity contribution in [1.82, 2.24) is 24.8 Å². The van der Waals surface area contributed by atoms with Crippen molar-refractivity contribution in [2.75, 3.05) is 20.1 Å². The fourth-order valence-electron chi connectivity index (χ4n) is 5.45. The van der Waals surface area contributed by atoms with Gasteiger partial charge in [-0.15, -0.1) is 10.2 Å². The number of fused-ring (bicyclic) bond motifs is 2. The number of hydrogen-bond acceptors (Lipinski definition) is 4. The lowest BCUT2D eigenvalue weighted by atomic mass is 9.91. The Morgan fingerprint density at radius 1 is 1.09 bits per heavy atom. The highest BCUT2D eigenvalue weighted by atomic mass is 19.4. The summed E-state index contributed by atoms with van der Waals surface area (Å²) in [5.41, 5.74) is 1.47. The normalized spacial score (nSPS) is 23.8. The molecule has 33 heavy (non-hydrogen) atoms. The van der Waals surface area contributed by atoms with Gasteiger partial charge in [0.1, 0.15) is 0 Å². The van der Waals surface area contributed by atoms with Crippen LogP contribution in [0, 0.1) is 11.8 Å². The van der Waals surface area contributed by atoms with Gasteiger partial charge in [-0.05, 0) is 67.8 Å². The van der Waals surface area contributed by atoms with Crippen molar-refractivity contribution < 1.29 is 18.0 Å². The first kappa shape index (κ1) is 21.9. The molecule has 1 amide bonds. The number of hydrogen-bond donors (Lipinski definition) is 1. The molecule has 2 fully saturated rings. The molecule has 5 rings (SSSR count). The lowest BCUT2D eigenvalue weighted by Gasteiger charge is -2.21. The van der Waals surface area contributed by atoms with Crippen molar-refractivity contribution in [2.45, 2.75) is 37.9 Å². The quantitative estimate of drug-likeness (QED) is 0.635. The van der Waals surface area contributed by atoms with Gasteiger partial charge in [-0.2, -0.15) is 13.2 Å². The number of nitrogens with one attached hydrogen (secondary N) is 1. The number of benzene rings is 1. The summed E-state index contributed by atoms with van der Waals surface area (Å²) < 4.78 is 42.1. The van der Waals surface area contributed by atoms with Crippen LogP contribution in [0.5, 0.6) is 0 Å². The maximum atomic E-state index is 13.5. The number of carbonyl (C=O) groups is 1. The van der Waals surface area contributed by atoms with E-state index in [1.165, 1.54) is 12.1 Å². The molecule has 0 radical (unpaired) electrons. The van der Waals surface area contributed by atoms with E-state index < -0.39 is 11.7 Å². The first-order valence-corrected chi connectivity index (χ1v) is 11.2. The number of alkyl halides is 3. The maximum Gasteiger partial charge on any atom is 0.416 e. The highest BCUT2D eigenvalue weighted by molar-refractivity contribution is 5.91. The molecule has 3 aromatic rings. The zero-order valence-electron chi connectivity index (χ0n) is 18.5. The highest BCUT2D eigenvalue weighted by Gasteiger charge is 2.45. The van der Waals surface area contributed by atoms with Gasteiger partial charge in [-0.3, -0.25) is 9.20 Å². The summed E-state index contributed by atoms with van der Waals surface area (Å²) in [6.07, 6.45) is -1.16. The minimum atomic E-state index is -4.35. The molecule has 0 bridgehead atoms. The van der Waals surface area contributed by atoms with Gasteiger partial charge in [0.05, 0.1) is 5.56 Å². The Hall–Kier alpha value is -2.94. The molecule has 2 unspecified atom stereocenters. The number of carbonyl (C=O) groups excluding carboxylic acids is 1. The summed E-state index contributed by atoms with van der Waals surface area (Å²) >= 11 is 0. The Bertz CT molecular complexity index is 1180. The van der Waals surface area contributed by atoms with E-state index in [1.807, 2.05) is 32.3 Å². The minimum Gasteiger partial charge on any atom is -0.335 e. The van der Waals surface area contributed by atoms with Gasteiger partial charge in [-0.1, -0.05) is 24.3 Å². The van der Waals surface area contributed by atoms with Crippen molar-refractivity contribution in [3.8, 4) is 0 Å². The summed E-state index contributed by atoms with van der Waals surface area (Å²) in [5.74, 6) is 0.348. The van der Waals surface area contributed by atoms with Crippen LogP contribution < -0.4 is 5.32 Å². The van der Waals surface area contributed by atoms with E-state index in [0.717, 1.165) is 5.56 Å². The van der Waals surface area contributed by atoms with Crippen molar-refractivity contribution in [2.24, 2.45) is 11.8 Å². The second-order valence-electron chi connectivity index (χ2n) is 9.21. The lowest BCUT2D eigenvalue weighted by Crippen LogP contribution is -2.31. The van der Waals surface area contributed by atoms with Crippen LogP contribution in [-0.4, -0.2) is 45.5 Å². The third-order valence-corrected chi connectivity index (χ3v) is 7.29. The van der Waals surface area contributed by atoms with Crippen LogP contribution in [0.25, 0.3) is 5.65 Å². The largest absolute Gasteiger partial charge is 0.416 e. The fraction of sp³-hybridized carbons (Fsp3) is 0.458. The van der Waals surface area contributed by atoms with Gasteiger partial charge < -0.3 is 10.2 Å². The molecular formula is C24H26F3N5O. The molecule has 1 aliphatic heterocycles. The van der Waals surface area contributed by atoms with Crippen LogP contribution in [0.2, 0.25) is 0 Å². The molecule has 1 aromatic carbocycles. The number of aromatic nitrogens is 3. The average molecular weight is 458 g/mol. The molecule has 3 heterocycles. The van der Waals surface area contributed by atoms with Crippen LogP contribution in [0.1, 0.15) is 59.0 Å². The van der Waals surface area contributed by atoms with E-state index in [9.17, 15) is 18.0 Å². The van der Waals surface area contributed by atoms with Crippen LogP contribution in [0.15, 0.2) is 42.6 Å². The molecule has 0 spiro atoms. The highest BCUT2D eigenvalue weighted by Crippen LogP contribution is 2.49.